The highest BCUT2D eigenvalue weighted by molar-refractivity contribution is 5.79. The number of ether oxygens (including phenoxy) is 3. The molecule has 0 bridgehead atoms. The molecule has 2 aliphatic carbocycles. The molecular formula is C30H33N5O7. The minimum absolute atomic E-state index is 0.109. The van der Waals surface area contributed by atoms with E-state index in [1.807, 2.05) is 30.3 Å². The maximum atomic E-state index is 13.2. The molecule has 1 aliphatic heterocycles. The van der Waals surface area contributed by atoms with Gasteiger partial charge in [0, 0.05) is 17.7 Å². The third-order valence-corrected chi connectivity index (χ3v) is 8.27. The Morgan fingerprint density at radius 2 is 1.71 bits per heavy atom. The van der Waals surface area contributed by atoms with E-state index in [4.69, 9.17) is 19.2 Å². The Balaban J connectivity index is 1.27. The van der Waals surface area contributed by atoms with Crippen molar-refractivity contribution in [1.29, 1.82) is 0 Å². The van der Waals surface area contributed by atoms with Crippen LogP contribution in [0.25, 0.3) is 22.3 Å². The van der Waals surface area contributed by atoms with Crippen LogP contribution in [0.1, 0.15) is 56.6 Å². The first-order valence-electron chi connectivity index (χ1n) is 14.4. The number of benzene rings is 1. The van der Waals surface area contributed by atoms with E-state index in [1.165, 1.54) is 17.2 Å². The van der Waals surface area contributed by atoms with Gasteiger partial charge in [-0.25, -0.2) is 19.3 Å². The molecule has 4 N–H and O–H groups in total. The Morgan fingerprint density at radius 1 is 0.929 bits per heavy atom. The highest BCUT2D eigenvalue weighted by atomic mass is 16.7. The fraction of sp³-hybridized carbons (Fsp3) is 0.433. The van der Waals surface area contributed by atoms with Crippen LogP contribution >= 0.6 is 0 Å². The molecule has 4 aromatic rings. The van der Waals surface area contributed by atoms with Gasteiger partial charge in [0.2, 0.25) is 0 Å². The summed E-state index contributed by atoms with van der Waals surface area (Å²) in [6.45, 7) is 1.43. The smallest absolute Gasteiger partial charge is 0.377 e. The van der Waals surface area contributed by atoms with Gasteiger partial charge in [0.05, 0.1) is 35.6 Å². The molecule has 0 amide bonds. The number of aliphatic hydroxyl groups is 3. The van der Waals surface area contributed by atoms with Crippen LogP contribution in [0, 0.1) is 0 Å². The highest BCUT2D eigenvalue weighted by Gasteiger charge is 2.32. The normalized spacial score (nSPS) is 17.5. The third-order valence-electron chi connectivity index (χ3n) is 8.27. The van der Waals surface area contributed by atoms with Gasteiger partial charge in [0.1, 0.15) is 24.8 Å². The molecule has 12 nitrogen and oxygen atoms in total. The van der Waals surface area contributed by atoms with Crippen LogP contribution in [0.3, 0.4) is 0 Å². The van der Waals surface area contributed by atoms with Crippen LogP contribution in [-0.4, -0.2) is 53.7 Å². The molecule has 0 atom stereocenters. The zero-order valence-corrected chi connectivity index (χ0v) is 23.0. The van der Waals surface area contributed by atoms with E-state index in [2.05, 4.69) is 10.3 Å². The quantitative estimate of drug-likeness (QED) is 0.230. The summed E-state index contributed by atoms with van der Waals surface area (Å²) in [5.74, 6) is 2.30. The first-order valence-corrected chi connectivity index (χ1v) is 14.4. The van der Waals surface area contributed by atoms with Gasteiger partial charge < -0.3 is 34.8 Å². The first-order chi connectivity index (χ1) is 20.3. The van der Waals surface area contributed by atoms with Crippen LogP contribution in [0.5, 0.6) is 11.5 Å². The molecule has 1 aromatic carbocycles. The number of nitrogens with zero attached hydrogens (tertiary/aromatic N) is 4. The van der Waals surface area contributed by atoms with E-state index in [0.717, 1.165) is 49.7 Å². The number of rotatable bonds is 8. The lowest BCUT2D eigenvalue weighted by molar-refractivity contribution is -0.374. The molecule has 0 spiro atoms. The SMILES string of the molecule is O=c1n(C2CCCC2)c2cc(Nc3cc(COC4CCC4)cc(-c4ccc5c(c4)OCCO5)n3)ncc2n1C(O)(O)O. The van der Waals surface area contributed by atoms with E-state index in [0.29, 0.717) is 58.7 Å². The van der Waals surface area contributed by atoms with E-state index in [9.17, 15) is 20.1 Å². The van der Waals surface area contributed by atoms with Crippen molar-refractivity contribution in [3.63, 3.8) is 0 Å². The van der Waals surface area contributed by atoms with Gasteiger partial charge in [-0.15, -0.1) is 0 Å². The predicted molar refractivity (Wildman–Crippen MR) is 153 cm³/mol. The van der Waals surface area contributed by atoms with E-state index >= 15 is 0 Å². The van der Waals surface area contributed by atoms with Gasteiger partial charge in [-0.2, -0.15) is 0 Å². The number of fused-ring (bicyclic) bond motifs is 2. The van der Waals surface area contributed by atoms with Gasteiger partial charge in [-0.3, -0.25) is 4.57 Å². The van der Waals surface area contributed by atoms with Gasteiger partial charge in [-0.1, -0.05) is 12.8 Å². The molecule has 0 saturated heterocycles. The van der Waals surface area contributed by atoms with Crippen LogP contribution in [0.15, 0.2) is 47.4 Å². The standard InChI is InChI=1S/C30H33N5O7/c36-29-34(20-4-1-2-5-20)23-15-27(31-16-24(23)35(29)30(37,38)39)33-28-13-18(17-42-21-6-3-7-21)12-22(32-28)19-8-9-25-26(14-19)41-11-10-40-25/h8-9,12-16,20-21,37-39H,1-7,10-11,17H2,(H,31,32,33). The number of nitrogens with one attached hydrogen (secondary N) is 1. The number of hydrogen-bond donors (Lipinski definition) is 4. The Morgan fingerprint density at radius 3 is 2.45 bits per heavy atom. The second-order valence-corrected chi connectivity index (χ2v) is 11.2. The minimum atomic E-state index is -3.36. The average Bonchev–Trinajstić information content (AvgIpc) is 3.56. The third kappa shape index (κ3) is 5.11. The molecule has 0 unspecified atom stereocenters. The average molecular weight is 576 g/mol. The maximum Gasteiger partial charge on any atom is 0.377 e. The lowest BCUT2D eigenvalue weighted by Gasteiger charge is -2.25. The van der Waals surface area contributed by atoms with Crippen LogP contribution in [-0.2, 0) is 17.4 Å². The second kappa shape index (κ2) is 10.7. The minimum Gasteiger partial charge on any atom is -0.486 e. The molecule has 2 fully saturated rings. The van der Waals surface area contributed by atoms with Crippen molar-refractivity contribution in [3.8, 4) is 22.8 Å². The summed E-state index contributed by atoms with van der Waals surface area (Å²) in [7, 11) is 0. The fourth-order valence-electron chi connectivity index (χ4n) is 5.96. The van der Waals surface area contributed by atoms with E-state index in [-0.39, 0.29) is 17.7 Å². The Kier molecular flexibility index (Phi) is 6.85. The number of aromatic nitrogens is 4. The Hall–Kier alpha value is -3.97. The zero-order chi connectivity index (χ0) is 28.8. The first kappa shape index (κ1) is 26.9. The molecule has 7 rings (SSSR count). The summed E-state index contributed by atoms with van der Waals surface area (Å²) in [5, 5.41) is 33.1. The Bertz CT molecular complexity index is 1680. The van der Waals surface area contributed by atoms with Crippen LogP contribution < -0.4 is 20.5 Å². The predicted octanol–water partition coefficient (Wildman–Crippen LogP) is 3.50. The molecule has 220 valence electrons. The molecule has 4 heterocycles. The lowest BCUT2D eigenvalue weighted by atomic mass is 9.96. The fourth-order valence-corrected chi connectivity index (χ4v) is 5.96. The summed E-state index contributed by atoms with van der Waals surface area (Å²) >= 11 is 0. The monoisotopic (exact) mass is 575 g/mol. The molecular weight excluding hydrogens is 542 g/mol. The number of anilines is 2. The van der Waals surface area contributed by atoms with Crippen molar-refractivity contribution in [2.45, 2.75) is 69.8 Å². The highest BCUT2D eigenvalue weighted by Crippen LogP contribution is 2.36. The molecule has 3 aliphatic rings. The molecule has 3 aromatic heterocycles. The maximum absolute atomic E-state index is 13.2. The van der Waals surface area contributed by atoms with Gasteiger partial charge >= 0.3 is 11.8 Å². The summed E-state index contributed by atoms with van der Waals surface area (Å²) in [6.07, 6.45) is 5.05. The van der Waals surface area contributed by atoms with Crippen molar-refractivity contribution in [1.82, 2.24) is 19.1 Å². The van der Waals surface area contributed by atoms with Crippen molar-refractivity contribution < 1.29 is 29.5 Å². The number of imidazole rings is 1. The summed E-state index contributed by atoms with van der Waals surface area (Å²) in [5.41, 5.74) is 2.33. The van der Waals surface area contributed by atoms with Gasteiger partial charge in [0.15, 0.2) is 11.5 Å². The van der Waals surface area contributed by atoms with E-state index in [1.54, 1.807) is 6.07 Å². The largest absolute Gasteiger partial charge is 0.486 e. The lowest BCUT2D eigenvalue weighted by Crippen LogP contribution is -2.41. The summed E-state index contributed by atoms with van der Waals surface area (Å²) in [4.78, 5) is 22.5. The Labute approximate surface area is 241 Å². The van der Waals surface area contributed by atoms with Gasteiger partial charge in [0.25, 0.3) is 0 Å². The number of hydrogen-bond acceptors (Lipinski definition) is 10. The topological polar surface area (TPSA) is 153 Å². The molecule has 0 radical (unpaired) electrons. The van der Waals surface area contributed by atoms with Crippen molar-refractivity contribution in [2.75, 3.05) is 18.5 Å². The van der Waals surface area contributed by atoms with Gasteiger partial charge in [-0.05, 0) is 68.0 Å². The van der Waals surface area contributed by atoms with Crippen molar-refractivity contribution in [3.05, 3.63) is 58.6 Å². The van der Waals surface area contributed by atoms with Crippen LogP contribution in [0.2, 0.25) is 0 Å². The van der Waals surface area contributed by atoms with Crippen LogP contribution in [0.4, 0.5) is 11.6 Å². The summed E-state index contributed by atoms with van der Waals surface area (Å²) < 4.78 is 19.6. The molecule has 42 heavy (non-hydrogen) atoms. The summed E-state index contributed by atoms with van der Waals surface area (Å²) in [6, 6.07) is 11.2. The number of pyridine rings is 2. The second-order valence-electron chi connectivity index (χ2n) is 11.2. The van der Waals surface area contributed by atoms with E-state index < -0.39 is 11.8 Å². The van der Waals surface area contributed by atoms with Crippen molar-refractivity contribution >= 4 is 22.7 Å². The zero-order valence-electron chi connectivity index (χ0n) is 23.0. The van der Waals surface area contributed by atoms with Crippen molar-refractivity contribution in [2.24, 2.45) is 0 Å². The molecule has 12 heteroatoms. The molecule has 2 saturated carbocycles.